The van der Waals surface area contributed by atoms with Gasteiger partial charge in [0.2, 0.25) is 0 Å². The number of amides is 1. The molecular formula is C23H23ClN2O6. The molecule has 2 heterocycles. The number of nitrogens with zero attached hydrogens (tertiary/aromatic N) is 2. The molecule has 2 aromatic carbocycles. The zero-order valence-corrected chi connectivity index (χ0v) is 18.4. The molecule has 8 nitrogen and oxygen atoms in total. The molecule has 32 heavy (non-hydrogen) atoms. The van der Waals surface area contributed by atoms with Crippen LogP contribution in [-0.2, 0) is 9.59 Å². The lowest BCUT2D eigenvalue weighted by Crippen LogP contribution is -2.35. The van der Waals surface area contributed by atoms with Gasteiger partial charge in [-0.2, -0.15) is 0 Å². The van der Waals surface area contributed by atoms with E-state index in [9.17, 15) is 19.8 Å². The fraction of sp³-hybridized carbons (Fsp3) is 0.304. The van der Waals surface area contributed by atoms with Gasteiger partial charge >= 0.3 is 0 Å². The number of phenols is 1. The van der Waals surface area contributed by atoms with E-state index in [0.29, 0.717) is 42.4 Å². The third-order valence-corrected chi connectivity index (χ3v) is 5.73. The number of halogens is 1. The van der Waals surface area contributed by atoms with Gasteiger partial charge in [-0.1, -0.05) is 17.7 Å². The molecule has 0 bridgehead atoms. The molecule has 1 saturated heterocycles. The molecule has 4 rings (SSSR count). The highest BCUT2D eigenvalue weighted by molar-refractivity contribution is 6.46. The number of benzene rings is 2. The maximum Gasteiger partial charge on any atom is 0.295 e. The molecule has 2 aliphatic heterocycles. The molecule has 0 aromatic heterocycles. The van der Waals surface area contributed by atoms with Crippen LogP contribution in [0.1, 0.15) is 17.2 Å². The van der Waals surface area contributed by atoms with Crippen LogP contribution in [0.5, 0.6) is 17.2 Å². The van der Waals surface area contributed by atoms with E-state index in [1.54, 1.807) is 24.3 Å². The van der Waals surface area contributed by atoms with Crippen LogP contribution in [0.2, 0.25) is 5.02 Å². The number of aromatic hydroxyl groups is 1. The number of carbonyl (C=O) groups excluding carboxylic acids is 2. The van der Waals surface area contributed by atoms with Crippen molar-refractivity contribution in [1.82, 2.24) is 9.80 Å². The molecule has 1 atom stereocenters. The van der Waals surface area contributed by atoms with Crippen molar-refractivity contribution in [3.05, 3.63) is 58.1 Å². The highest BCUT2D eigenvalue weighted by Crippen LogP contribution is 2.42. The third-order valence-electron chi connectivity index (χ3n) is 5.43. The fourth-order valence-electron chi connectivity index (χ4n) is 3.80. The zero-order valence-electron chi connectivity index (χ0n) is 17.7. The van der Waals surface area contributed by atoms with Crippen molar-refractivity contribution in [3.63, 3.8) is 0 Å². The van der Waals surface area contributed by atoms with Gasteiger partial charge in [-0.15, -0.1) is 0 Å². The summed E-state index contributed by atoms with van der Waals surface area (Å²) in [4.78, 5) is 29.3. The van der Waals surface area contributed by atoms with Gasteiger partial charge in [0.05, 0.1) is 16.6 Å². The first-order chi connectivity index (χ1) is 15.3. The van der Waals surface area contributed by atoms with Gasteiger partial charge < -0.3 is 29.5 Å². The molecule has 1 fully saturated rings. The lowest BCUT2D eigenvalue weighted by atomic mass is 9.95. The maximum atomic E-state index is 13.0. The lowest BCUT2D eigenvalue weighted by Gasteiger charge is -2.27. The van der Waals surface area contributed by atoms with Crippen LogP contribution in [0.25, 0.3) is 5.76 Å². The normalized spacial score (nSPS) is 19.6. The van der Waals surface area contributed by atoms with Crippen LogP contribution >= 0.6 is 11.6 Å². The summed E-state index contributed by atoms with van der Waals surface area (Å²) in [7, 11) is 3.72. The Morgan fingerprint density at radius 3 is 2.53 bits per heavy atom. The largest absolute Gasteiger partial charge is 0.507 e. The van der Waals surface area contributed by atoms with E-state index in [-0.39, 0.29) is 28.6 Å². The third kappa shape index (κ3) is 3.99. The van der Waals surface area contributed by atoms with Crippen molar-refractivity contribution < 1.29 is 29.3 Å². The quantitative estimate of drug-likeness (QED) is 0.403. The number of ketones is 1. The van der Waals surface area contributed by atoms with Crippen LogP contribution in [0.3, 0.4) is 0 Å². The fourth-order valence-corrected chi connectivity index (χ4v) is 3.99. The SMILES string of the molecule is CN(C)CCN1C(=O)C(=O)/C(=C(\O)c2ccc3c(c2)OCCO3)C1c1ccc(O)c(Cl)c1. The number of aliphatic hydroxyl groups is 1. The lowest BCUT2D eigenvalue weighted by molar-refractivity contribution is -0.140. The summed E-state index contributed by atoms with van der Waals surface area (Å²) in [5.41, 5.74) is 0.784. The number of fused-ring (bicyclic) bond motifs is 1. The number of hydrogen-bond donors (Lipinski definition) is 2. The molecule has 0 spiro atoms. The van der Waals surface area contributed by atoms with Gasteiger partial charge in [0, 0.05) is 18.7 Å². The molecule has 168 valence electrons. The van der Waals surface area contributed by atoms with Crippen LogP contribution in [0, 0.1) is 0 Å². The Morgan fingerprint density at radius 1 is 1.12 bits per heavy atom. The molecular weight excluding hydrogens is 436 g/mol. The number of hydrogen-bond acceptors (Lipinski definition) is 7. The molecule has 0 saturated carbocycles. The average Bonchev–Trinajstić information content (AvgIpc) is 3.03. The minimum Gasteiger partial charge on any atom is -0.507 e. The molecule has 2 aliphatic rings. The van der Waals surface area contributed by atoms with Crippen LogP contribution in [-0.4, -0.2) is 72.1 Å². The average molecular weight is 459 g/mol. The number of rotatable bonds is 5. The number of likely N-dealkylation sites (N-methyl/N-ethyl adjacent to an activating group) is 1. The molecule has 2 aromatic rings. The zero-order chi connectivity index (χ0) is 23.0. The standard InChI is InChI=1S/C23H23ClN2O6/c1-25(2)7-8-26-20(13-3-5-16(27)15(24)11-13)19(22(29)23(26)30)21(28)14-4-6-17-18(12-14)32-10-9-31-17/h3-6,11-12,20,27-28H,7-10H2,1-2H3/b21-19-. The second kappa shape index (κ2) is 8.72. The van der Waals surface area contributed by atoms with E-state index in [1.807, 2.05) is 19.0 Å². The van der Waals surface area contributed by atoms with E-state index >= 15 is 0 Å². The van der Waals surface area contributed by atoms with E-state index in [4.69, 9.17) is 21.1 Å². The molecule has 0 radical (unpaired) electrons. The molecule has 1 unspecified atom stereocenters. The minimum absolute atomic E-state index is 0.0489. The van der Waals surface area contributed by atoms with Crippen molar-refractivity contribution in [2.75, 3.05) is 40.4 Å². The Bertz CT molecular complexity index is 1110. The topological polar surface area (TPSA) is 99.5 Å². The van der Waals surface area contributed by atoms with E-state index in [2.05, 4.69) is 0 Å². The second-order valence-electron chi connectivity index (χ2n) is 7.87. The van der Waals surface area contributed by atoms with Crippen molar-refractivity contribution >= 4 is 29.1 Å². The molecule has 1 amide bonds. The number of carbonyl (C=O) groups is 2. The molecule has 2 N–H and O–H groups in total. The van der Waals surface area contributed by atoms with Gasteiger partial charge in [-0.25, -0.2) is 0 Å². The van der Waals surface area contributed by atoms with Crippen molar-refractivity contribution in [1.29, 1.82) is 0 Å². The Hall–Kier alpha value is -3.23. The van der Waals surface area contributed by atoms with Gasteiger partial charge in [0.25, 0.3) is 11.7 Å². The minimum atomic E-state index is -0.860. The van der Waals surface area contributed by atoms with Crippen LogP contribution in [0.15, 0.2) is 42.0 Å². The summed E-state index contributed by atoms with van der Waals surface area (Å²) in [6, 6.07) is 8.45. The first-order valence-corrected chi connectivity index (χ1v) is 10.5. The number of Topliss-reactive ketones (excluding diaryl/α,β-unsaturated/α-hetero) is 1. The van der Waals surface area contributed by atoms with E-state index in [1.165, 1.54) is 17.0 Å². The summed E-state index contributed by atoms with van der Waals surface area (Å²) >= 11 is 6.11. The smallest absolute Gasteiger partial charge is 0.295 e. The van der Waals surface area contributed by atoms with Gasteiger partial charge in [-0.3, -0.25) is 9.59 Å². The Balaban J connectivity index is 1.84. The predicted molar refractivity (Wildman–Crippen MR) is 118 cm³/mol. The molecule has 0 aliphatic carbocycles. The highest BCUT2D eigenvalue weighted by atomic mass is 35.5. The number of aliphatic hydroxyl groups excluding tert-OH is 1. The van der Waals surface area contributed by atoms with Crippen molar-refractivity contribution in [3.8, 4) is 17.2 Å². The van der Waals surface area contributed by atoms with Gasteiger partial charge in [0.1, 0.15) is 24.7 Å². The number of likely N-dealkylation sites (tertiary alicyclic amines) is 1. The summed E-state index contributed by atoms with van der Waals surface area (Å²) in [5.74, 6) is -0.938. The summed E-state index contributed by atoms with van der Waals surface area (Å²) in [5, 5.41) is 21.1. The van der Waals surface area contributed by atoms with E-state index in [0.717, 1.165) is 0 Å². The predicted octanol–water partition coefficient (Wildman–Crippen LogP) is 2.80. The first kappa shape index (κ1) is 22.0. The Kier molecular flexibility index (Phi) is 5.99. The number of phenolic OH excluding ortho intramolecular Hbond substituents is 1. The van der Waals surface area contributed by atoms with Gasteiger partial charge in [0.15, 0.2) is 11.5 Å². The molecule has 9 heteroatoms. The Labute approximate surface area is 190 Å². The Morgan fingerprint density at radius 2 is 1.84 bits per heavy atom. The van der Waals surface area contributed by atoms with Crippen molar-refractivity contribution in [2.24, 2.45) is 0 Å². The van der Waals surface area contributed by atoms with Crippen molar-refractivity contribution in [2.45, 2.75) is 6.04 Å². The number of ether oxygens (including phenoxy) is 2. The summed E-state index contributed by atoms with van der Waals surface area (Å²) in [6.45, 7) is 1.58. The highest BCUT2D eigenvalue weighted by Gasteiger charge is 2.46. The van der Waals surface area contributed by atoms with Gasteiger partial charge in [-0.05, 0) is 50.0 Å². The van der Waals surface area contributed by atoms with E-state index < -0.39 is 17.7 Å². The maximum absolute atomic E-state index is 13.0. The second-order valence-corrected chi connectivity index (χ2v) is 8.27. The summed E-state index contributed by atoms with van der Waals surface area (Å²) < 4.78 is 11.1. The summed E-state index contributed by atoms with van der Waals surface area (Å²) in [6.07, 6.45) is 0. The van der Waals surface area contributed by atoms with Crippen LogP contribution < -0.4 is 9.47 Å². The first-order valence-electron chi connectivity index (χ1n) is 10.1. The monoisotopic (exact) mass is 458 g/mol. The van der Waals surface area contributed by atoms with Crippen LogP contribution in [0.4, 0.5) is 0 Å².